The normalized spacial score (nSPS) is 25.8. The number of aromatic nitrogens is 2. The summed E-state index contributed by atoms with van der Waals surface area (Å²) in [5.41, 5.74) is 0. The Morgan fingerprint density at radius 3 is 2.88 bits per heavy atom. The van der Waals surface area contributed by atoms with Crippen molar-refractivity contribution in [2.24, 2.45) is 0 Å². The molecule has 0 saturated carbocycles. The van der Waals surface area contributed by atoms with E-state index in [0.717, 1.165) is 0 Å². The molecular weight excluding hydrogens is 233 g/mol. The van der Waals surface area contributed by atoms with Gasteiger partial charge in [0, 0.05) is 6.54 Å². The molecule has 0 amide bonds. The van der Waals surface area contributed by atoms with Crippen LogP contribution in [0.4, 0.5) is 10.3 Å². The van der Waals surface area contributed by atoms with Crippen LogP contribution in [0, 0.1) is 5.82 Å². The Kier molecular flexibility index (Phi) is 3.56. The first-order chi connectivity index (χ1) is 7.70. The average Bonchev–Trinajstić information content (AvgIpc) is 2.31. The second-order valence-corrected chi connectivity index (χ2v) is 4.12. The van der Waals surface area contributed by atoms with Crippen LogP contribution >= 0.6 is 11.6 Å². The number of alkyl halides is 1. The molecule has 1 aromatic heterocycles. The molecule has 0 radical (unpaired) electrons. The Bertz CT molecular complexity index is 348. The van der Waals surface area contributed by atoms with Gasteiger partial charge in [-0.25, -0.2) is 14.4 Å². The zero-order valence-electron chi connectivity index (χ0n) is 8.94. The van der Waals surface area contributed by atoms with E-state index >= 15 is 0 Å². The van der Waals surface area contributed by atoms with Gasteiger partial charge in [0.1, 0.15) is 0 Å². The molecule has 0 N–H and O–H groups in total. The largest absolute Gasteiger partial charge is 0.373 e. The molecule has 1 aromatic rings. The van der Waals surface area contributed by atoms with E-state index < -0.39 is 5.82 Å². The number of anilines is 1. The maximum absolute atomic E-state index is 12.7. The first-order valence-electron chi connectivity index (χ1n) is 5.12. The lowest BCUT2D eigenvalue weighted by Crippen LogP contribution is -2.49. The molecule has 0 aliphatic carbocycles. The lowest BCUT2D eigenvalue weighted by molar-refractivity contribution is 0.0357. The highest BCUT2D eigenvalue weighted by atomic mass is 35.5. The van der Waals surface area contributed by atoms with Crippen molar-refractivity contribution in [2.75, 3.05) is 23.9 Å². The van der Waals surface area contributed by atoms with Crippen LogP contribution in [0.25, 0.3) is 0 Å². The predicted octanol–water partition coefficient (Wildman–Crippen LogP) is 1.45. The zero-order valence-corrected chi connectivity index (χ0v) is 9.69. The molecular formula is C10H13ClFN3O. The van der Waals surface area contributed by atoms with Gasteiger partial charge >= 0.3 is 0 Å². The highest BCUT2D eigenvalue weighted by Gasteiger charge is 2.27. The van der Waals surface area contributed by atoms with Crippen molar-refractivity contribution in [3.8, 4) is 0 Å². The summed E-state index contributed by atoms with van der Waals surface area (Å²) in [5, 5.41) is 0. The molecule has 2 atom stereocenters. The van der Waals surface area contributed by atoms with Crippen LogP contribution in [0.1, 0.15) is 6.92 Å². The van der Waals surface area contributed by atoms with Crippen LogP contribution in [0.5, 0.6) is 0 Å². The second kappa shape index (κ2) is 4.93. The Labute approximate surface area is 98.4 Å². The van der Waals surface area contributed by atoms with Crippen LogP contribution in [-0.2, 0) is 4.74 Å². The molecule has 1 saturated heterocycles. The van der Waals surface area contributed by atoms with Gasteiger partial charge in [0.05, 0.1) is 37.0 Å². The van der Waals surface area contributed by atoms with Crippen LogP contribution in [0.15, 0.2) is 12.4 Å². The van der Waals surface area contributed by atoms with Gasteiger partial charge in [0.25, 0.3) is 0 Å². The Balaban J connectivity index is 2.14. The molecule has 2 heterocycles. The third kappa shape index (κ3) is 2.41. The van der Waals surface area contributed by atoms with Crippen molar-refractivity contribution >= 4 is 17.5 Å². The van der Waals surface area contributed by atoms with Crippen molar-refractivity contribution < 1.29 is 9.13 Å². The zero-order chi connectivity index (χ0) is 11.5. The number of halogens is 2. The number of nitrogens with zero attached hydrogens (tertiary/aromatic N) is 3. The fourth-order valence-electron chi connectivity index (χ4n) is 1.64. The summed E-state index contributed by atoms with van der Waals surface area (Å²) in [7, 11) is 0. The quantitative estimate of drug-likeness (QED) is 0.740. The van der Waals surface area contributed by atoms with E-state index in [4.69, 9.17) is 16.3 Å². The maximum Gasteiger partial charge on any atom is 0.225 e. The molecule has 16 heavy (non-hydrogen) atoms. The molecule has 4 nitrogen and oxygen atoms in total. The molecule has 0 aromatic carbocycles. The number of morpholine rings is 1. The van der Waals surface area contributed by atoms with Gasteiger partial charge in [-0.1, -0.05) is 0 Å². The molecule has 88 valence electrons. The summed E-state index contributed by atoms with van der Waals surface area (Å²) < 4.78 is 18.2. The molecule has 1 aliphatic rings. The standard InChI is InChI=1S/C10H13ClFN3O/c1-7-6-16-9(2-11)5-15(7)10-13-3-8(12)4-14-10/h3-4,7,9H,2,5-6H2,1H3. The first kappa shape index (κ1) is 11.5. The van der Waals surface area contributed by atoms with Crippen molar-refractivity contribution in [2.45, 2.75) is 19.1 Å². The van der Waals surface area contributed by atoms with Crippen LogP contribution in [0.2, 0.25) is 0 Å². The SMILES string of the molecule is CC1COC(CCl)CN1c1ncc(F)cn1. The maximum atomic E-state index is 12.7. The fraction of sp³-hybridized carbons (Fsp3) is 0.600. The number of hydrogen-bond donors (Lipinski definition) is 0. The van der Waals surface area contributed by atoms with E-state index in [0.29, 0.717) is 25.0 Å². The summed E-state index contributed by atoms with van der Waals surface area (Å²) in [6, 6.07) is 0.171. The lowest BCUT2D eigenvalue weighted by Gasteiger charge is -2.37. The summed E-state index contributed by atoms with van der Waals surface area (Å²) >= 11 is 5.75. The number of ether oxygens (including phenoxy) is 1. The van der Waals surface area contributed by atoms with Crippen LogP contribution in [0.3, 0.4) is 0 Å². The van der Waals surface area contributed by atoms with Crippen molar-refractivity contribution in [3.63, 3.8) is 0 Å². The van der Waals surface area contributed by atoms with Crippen molar-refractivity contribution in [1.29, 1.82) is 0 Å². The number of rotatable bonds is 2. The van der Waals surface area contributed by atoms with E-state index in [2.05, 4.69) is 9.97 Å². The highest BCUT2D eigenvalue weighted by molar-refractivity contribution is 6.18. The molecule has 0 spiro atoms. The first-order valence-corrected chi connectivity index (χ1v) is 5.66. The van der Waals surface area contributed by atoms with Gasteiger partial charge in [-0.3, -0.25) is 0 Å². The van der Waals surface area contributed by atoms with E-state index in [1.54, 1.807) is 0 Å². The van der Waals surface area contributed by atoms with E-state index in [1.165, 1.54) is 12.4 Å². The minimum atomic E-state index is -0.432. The minimum Gasteiger partial charge on any atom is -0.373 e. The Hall–Kier alpha value is -0.940. The summed E-state index contributed by atoms with van der Waals surface area (Å²) in [6.45, 7) is 3.23. The monoisotopic (exact) mass is 245 g/mol. The molecule has 0 bridgehead atoms. The van der Waals surface area contributed by atoms with Crippen molar-refractivity contribution in [3.05, 3.63) is 18.2 Å². The van der Waals surface area contributed by atoms with Crippen LogP contribution < -0.4 is 4.90 Å². The van der Waals surface area contributed by atoms with Gasteiger partial charge in [-0.05, 0) is 6.92 Å². The Morgan fingerprint density at radius 1 is 1.56 bits per heavy atom. The summed E-state index contributed by atoms with van der Waals surface area (Å²) in [5.74, 6) is 0.524. The van der Waals surface area contributed by atoms with E-state index in [1.807, 2.05) is 11.8 Å². The van der Waals surface area contributed by atoms with Crippen LogP contribution in [-0.4, -0.2) is 41.1 Å². The summed E-state index contributed by atoms with van der Waals surface area (Å²) in [6.07, 6.45) is 2.31. The molecule has 1 aliphatic heterocycles. The number of hydrogen-bond acceptors (Lipinski definition) is 4. The lowest BCUT2D eigenvalue weighted by atomic mass is 10.2. The molecule has 6 heteroatoms. The van der Waals surface area contributed by atoms with Gasteiger partial charge in [-0.2, -0.15) is 0 Å². The topological polar surface area (TPSA) is 38.2 Å². The predicted molar refractivity (Wildman–Crippen MR) is 59.3 cm³/mol. The third-order valence-electron chi connectivity index (χ3n) is 2.54. The summed E-state index contributed by atoms with van der Waals surface area (Å²) in [4.78, 5) is 9.91. The second-order valence-electron chi connectivity index (χ2n) is 3.81. The third-order valence-corrected chi connectivity index (χ3v) is 2.89. The minimum absolute atomic E-state index is 0.0217. The van der Waals surface area contributed by atoms with Gasteiger partial charge < -0.3 is 9.64 Å². The molecule has 1 fully saturated rings. The van der Waals surface area contributed by atoms with E-state index in [9.17, 15) is 4.39 Å². The smallest absolute Gasteiger partial charge is 0.225 e. The highest BCUT2D eigenvalue weighted by Crippen LogP contribution is 2.18. The average molecular weight is 246 g/mol. The van der Waals surface area contributed by atoms with Gasteiger partial charge in [0.15, 0.2) is 5.82 Å². The molecule has 2 unspecified atom stereocenters. The Morgan fingerprint density at radius 2 is 2.25 bits per heavy atom. The van der Waals surface area contributed by atoms with Crippen molar-refractivity contribution in [1.82, 2.24) is 9.97 Å². The fourth-order valence-corrected chi connectivity index (χ4v) is 1.83. The molecule has 2 rings (SSSR count). The van der Waals surface area contributed by atoms with Gasteiger partial charge in [0.2, 0.25) is 5.95 Å². The van der Waals surface area contributed by atoms with E-state index in [-0.39, 0.29) is 12.1 Å². The van der Waals surface area contributed by atoms with Gasteiger partial charge in [-0.15, -0.1) is 11.6 Å².